The number of aromatic nitrogens is 4. The number of hydrogen-bond acceptors (Lipinski definition) is 5. The molecule has 2 saturated carbocycles. The molecule has 24 heavy (non-hydrogen) atoms. The van der Waals surface area contributed by atoms with Gasteiger partial charge in [0.25, 0.3) is 0 Å². The van der Waals surface area contributed by atoms with Crippen molar-refractivity contribution in [2.45, 2.75) is 62.9 Å². The van der Waals surface area contributed by atoms with Crippen LogP contribution in [0.15, 0.2) is 12.1 Å². The van der Waals surface area contributed by atoms with Crippen LogP contribution in [0.1, 0.15) is 56.7 Å². The Balaban J connectivity index is 1.31. The van der Waals surface area contributed by atoms with Gasteiger partial charge in [0.05, 0.1) is 0 Å². The molecule has 0 unspecified atom stereocenters. The van der Waals surface area contributed by atoms with Gasteiger partial charge in [-0.05, 0) is 44.9 Å². The van der Waals surface area contributed by atoms with E-state index in [2.05, 4.69) is 39.2 Å². The van der Waals surface area contributed by atoms with E-state index in [4.69, 9.17) is 5.10 Å². The van der Waals surface area contributed by atoms with Gasteiger partial charge in [-0.1, -0.05) is 19.3 Å². The summed E-state index contributed by atoms with van der Waals surface area (Å²) in [5.74, 6) is 2.68. The predicted octanol–water partition coefficient (Wildman–Crippen LogP) is 2.45. The molecule has 3 aliphatic rings. The molecular weight excluding hydrogens is 300 g/mol. The van der Waals surface area contributed by atoms with E-state index in [1.165, 1.54) is 44.9 Å². The zero-order valence-electron chi connectivity index (χ0n) is 14.4. The zero-order chi connectivity index (χ0) is 16.1. The molecule has 5 rings (SSSR count). The van der Waals surface area contributed by atoms with Crippen LogP contribution in [-0.2, 0) is 0 Å². The third-order valence-electron chi connectivity index (χ3n) is 6.41. The van der Waals surface area contributed by atoms with E-state index in [1.807, 2.05) is 4.52 Å². The first-order valence-corrected chi connectivity index (χ1v) is 9.49. The van der Waals surface area contributed by atoms with E-state index >= 15 is 0 Å². The summed E-state index contributed by atoms with van der Waals surface area (Å²) in [5.41, 5.74) is 0.876. The Morgan fingerprint density at radius 2 is 1.75 bits per heavy atom. The van der Waals surface area contributed by atoms with Gasteiger partial charge in [-0.2, -0.15) is 4.52 Å². The molecule has 0 N–H and O–H groups in total. The molecule has 6 nitrogen and oxygen atoms in total. The molecule has 0 atom stereocenters. The molecule has 2 aromatic heterocycles. The van der Waals surface area contributed by atoms with Crippen LogP contribution in [0.3, 0.4) is 0 Å². The van der Waals surface area contributed by atoms with Crippen LogP contribution in [0.4, 0.5) is 5.82 Å². The zero-order valence-corrected chi connectivity index (χ0v) is 14.4. The number of likely N-dealkylation sites (N-methyl/N-ethyl adjacent to an activating group) is 1. The lowest BCUT2D eigenvalue weighted by molar-refractivity contribution is 0.147. The summed E-state index contributed by atoms with van der Waals surface area (Å²) in [4.78, 5) is 5.00. The van der Waals surface area contributed by atoms with Crippen molar-refractivity contribution in [1.82, 2.24) is 24.7 Å². The van der Waals surface area contributed by atoms with E-state index in [-0.39, 0.29) is 0 Å². The summed E-state index contributed by atoms with van der Waals surface area (Å²) in [6, 6.07) is 5.64. The van der Waals surface area contributed by atoms with Gasteiger partial charge in [-0.25, -0.2) is 0 Å². The fraction of sp³-hybridized carbons (Fsp3) is 0.722. The summed E-state index contributed by atoms with van der Waals surface area (Å²) >= 11 is 0. The van der Waals surface area contributed by atoms with Crippen molar-refractivity contribution < 1.29 is 0 Å². The summed E-state index contributed by atoms with van der Waals surface area (Å²) in [7, 11) is 2.31. The van der Waals surface area contributed by atoms with Gasteiger partial charge in [0.1, 0.15) is 5.82 Å². The van der Waals surface area contributed by atoms with Crippen LogP contribution in [-0.4, -0.2) is 56.9 Å². The minimum absolute atomic E-state index is 0.556. The molecule has 0 amide bonds. The van der Waals surface area contributed by atoms with Crippen molar-refractivity contribution in [2.24, 2.45) is 0 Å². The molecule has 1 saturated heterocycles. The maximum absolute atomic E-state index is 4.85. The van der Waals surface area contributed by atoms with Crippen LogP contribution < -0.4 is 4.90 Å². The smallest absolute Gasteiger partial charge is 0.178 e. The first-order chi connectivity index (χ1) is 11.8. The van der Waals surface area contributed by atoms with Crippen molar-refractivity contribution >= 4 is 11.5 Å². The minimum Gasteiger partial charge on any atom is -0.352 e. The third-order valence-corrected chi connectivity index (χ3v) is 6.41. The minimum atomic E-state index is 0.556. The molecule has 0 radical (unpaired) electrons. The summed E-state index contributed by atoms with van der Waals surface area (Å²) in [6.07, 6.45) is 9.32. The van der Waals surface area contributed by atoms with Crippen molar-refractivity contribution in [2.75, 3.05) is 25.0 Å². The van der Waals surface area contributed by atoms with Crippen molar-refractivity contribution in [3.63, 3.8) is 0 Å². The normalized spacial score (nSPS) is 23.2. The molecule has 2 aromatic rings. The first-order valence-electron chi connectivity index (χ1n) is 9.49. The quantitative estimate of drug-likeness (QED) is 0.864. The molecule has 2 aliphatic carbocycles. The monoisotopic (exact) mass is 326 g/mol. The number of hydrogen-bond donors (Lipinski definition) is 0. The van der Waals surface area contributed by atoms with Crippen LogP contribution >= 0.6 is 0 Å². The number of fused-ring (bicyclic) bond motifs is 1. The van der Waals surface area contributed by atoms with E-state index < -0.39 is 0 Å². The molecule has 3 fully saturated rings. The highest BCUT2D eigenvalue weighted by molar-refractivity contribution is 5.48. The highest BCUT2D eigenvalue weighted by Gasteiger charge is 2.35. The lowest BCUT2D eigenvalue weighted by Gasteiger charge is -2.46. The van der Waals surface area contributed by atoms with E-state index in [1.54, 1.807) is 0 Å². The van der Waals surface area contributed by atoms with Gasteiger partial charge < -0.3 is 4.90 Å². The maximum atomic E-state index is 4.85. The SMILES string of the molecule is CN(C1CCCC1)C1CN(c2ccc3nnc(C4CCC4)n3n2)C1. The van der Waals surface area contributed by atoms with Crippen LogP contribution in [0.2, 0.25) is 0 Å². The second-order valence-corrected chi connectivity index (χ2v) is 7.81. The Kier molecular flexibility index (Phi) is 3.47. The van der Waals surface area contributed by atoms with Crippen LogP contribution in [0.5, 0.6) is 0 Å². The Hall–Kier alpha value is -1.69. The predicted molar refractivity (Wildman–Crippen MR) is 93.4 cm³/mol. The molecule has 0 bridgehead atoms. The number of nitrogens with zero attached hydrogens (tertiary/aromatic N) is 6. The van der Waals surface area contributed by atoms with Crippen LogP contribution in [0, 0.1) is 0 Å². The van der Waals surface area contributed by atoms with Gasteiger partial charge >= 0.3 is 0 Å². The second kappa shape index (κ2) is 5.69. The lowest BCUT2D eigenvalue weighted by Crippen LogP contribution is -2.60. The molecule has 3 heterocycles. The third kappa shape index (κ3) is 2.31. The summed E-state index contributed by atoms with van der Waals surface area (Å²) in [6.45, 7) is 2.18. The summed E-state index contributed by atoms with van der Waals surface area (Å²) < 4.78 is 1.98. The fourth-order valence-corrected chi connectivity index (χ4v) is 4.40. The van der Waals surface area contributed by atoms with Gasteiger partial charge in [0.15, 0.2) is 11.5 Å². The van der Waals surface area contributed by atoms with Crippen molar-refractivity contribution in [3.05, 3.63) is 18.0 Å². The Bertz CT molecular complexity index is 724. The molecule has 6 heteroatoms. The lowest BCUT2D eigenvalue weighted by atomic mass is 9.85. The molecular formula is C18H26N6. The molecule has 0 aromatic carbocycles. The van der Waals surface area contributed by atoms with E-state index in [9.17, 15) is 0 Å². The number of rotatable bonds is 4. The highest BCUT2D eigenvalue weighted by atomic mass is 15.4. The highest BCUT2D eigenvalue weighted by Crippen LogP contribution is 2.35. The molecule has 128 valence electrons. The van der Waals surface area contributed by atoms with Gasteiger partial charge in [-0.15, -0.1) is 15.3 Å². The Morgan fingerprint density at radius 1 is 0.958 bits per heavy atom. The fourth-order valence-electron chi connectivity index (χ4n) is 4.40. The first kappa shape index (κ1) is 14.6. The Morgan fingerprint density at radius 3 is 2.46 bits per heavy atom. The largest absolute Gasteiger partial charge is 0.352 e. The van der Waals surface area contributed by atoms with Gasteiger partial charge in [0.2, 0.25) is 0 Å². The second-order valence-electron chi connectivity index (χ2n) is 7.81. The maximum Gasteiger partial charge on any atom is 0.178 e. The van der Waals surface area contributed by atoms with Crippen LogP contribution in [0.25, 0.3) is 5.65 Å². The van der Waals surface area contributed by atoms with E-state index in [0.717, 1.165) is 36.4 Å². The van der Waals surface area contributed by atoms with Crippen molar-refractivity contribution in [3.8, 4) is 0 Å². The standard InChI is InChI=1S/C18H26N6/c1-22(14-7-2-3-8-14)15-11-23(12-15)17-10-9-16-19-20-18(24(16)21-17)13-5-4-6-13/h9-10,13-15H,2-8,11-12H2,1H3. The molecule has 0 spiro atoms. The average Bonchev–Trinajstić information content (AvgIpc) is 3.14. The number of anilines is 1. The van der Waals surface area contributed by atoms with Crippen molar-refractivity contribution in [1.29, 1.82) is 0 Å². The van der Waals surface area contributed by atoms with E-state index in [0.29, 0.717) is 12.0 Å². The topological polar surface area (TPSA) is 49.6 Å². The molecule has 1 aliphatic heterocycles. The summed E-state index contributed by atoms with van der Waals surface area (Å²) in [5, 5.41) is 13.5. The Labute approximate surface area is 142 Å². The average molecular weight is 326 g/mol. The van der Waals surface area contributed by atoms with Gasteiger partial charge in [-0.3, -0.25) is 4.90 Å². The van der Waals surface area contributed by atoms with Gasteiger partial charge in [0, 0.05) is 31.1 Å².